The van der Waals surface area contributed by atoms with Crippen LogP contribution in [0, 0.1) is 0 Å². The Labute approximate surface area is 134 Å². The number of carbonyl (C=O) groups excluding carboxylic acids is 1. The van der Waals surface area contributed by atoms with Gasteiger partial charge in [-0.1, -0.05) is 0 Å². The van der Waals surface area contributed by atoms with E-state index in [1.54, 1.807) is 12.5 Å². The van der Waals surface area contributed by atoms with Crippen LogP contribution in [0.25, 0.3) is 16.9 Å². The molecule has 0 radical (unpaired) electrons. The van der Waals surface area contributed by atoms with Crippen LogP contribution in [-0.2, 0) is 0 Å². The van der Waals surface area contributed by atoms with E-state index >= 15 is 0 Å². The fourth-order valence-electron chi connectivity index (χ4n) is 2.31. The van der Waals surface area contributed by atoms with Crippen molar-refractivity contribution >= 4 is 17.1 Å². The average molecular weight is 309 g/mol. The van der Waals surface area contributed by atoms with Crippen molar-refractivity contribution in [3.63, 3.8) is 0 Å². The molecule has 118 valence electrons. The number of imidazole rings is 1. The number of hydrogen-bond donors (Lipinski definition) is 1. The van der Waals surface area contributed by atoms with Gasteiger partial charge in [0, 0.05) is 30.5 Å². The zero-order chi connectivity index (χ0) is 16.2. The van der Waals surface area contributed by atoms with Crippen LogP contribution in [0.15, 0.2) is 48.9 Å². The molecule has 0 unspecified atom stereocenters. The molecule has 0 bridgehead atoms. The van der Waals surface area contributed by atoms with Gasteiger partial charge in [0.25, 0.3) is 5.91 Å². The van der Waals surface area contributed by atoms with Crippen LogP contribution in [0.2, 0.25) is 0 Å². The third kappa shape index (κ3) is 3.37. The van der Waals surface area contributed by atoms with Crippen molar-refractivity contribution in [2.75, 3.05) is 27.2 Å². The van der Waals surface area contributed by atoms with Crippen molar-refractivity contribution in [1.29, 1.82) is 0 Å². The summed E-state index contributed by atoms with van der Waals surface area (Å²) in [6, 6.07) is 11.2. The number of likely N-dealkylation sites (N-methyl/N-ethyl adjacent to an activating group) is 1. The van der Waals surface area contributed by atoms with Crippen molar-refractivity contribution < 1.29 is 4.79 Å². The molecule has 6 heteroatoms. The number of fused-ring (bicyclic) bond motifs is 1. The summed E-state index contributed by atoms with van der Waals surface area (Å²) < 4.78 is 1.91. The summed E-state index contributed by atoms with van der Waals surface area (Å²) in [5, 5.41) is 2.90. The second kappa shape index (κ2) is 6.58. The average Bonchev–Trinajstić information content (AvgIpc) is 2.98. The van der Waals surface area contributed by atoms with Gasteiger partial charge in [-0.05, 0) is 50.5 Å². The molecule has 0 saturated carbocycles. The van der Waals surface area contributed by atoms with Crippen LogP contribution in [0.3, 0.4) is 0 Å². The van der Waals surface area contributed by atoms with Crippen molar-refractivity contribution in [2.45, 2.75) is 0 Å². The zero-order valence-electron chi connectivity index (χ0n) is 13.2. The van der Waals surface area contributed by atoms with Gasteiger partial charge >= 0.3 is 0 Å². The first-order chi connectivity index (χ1) is 11.1. The SMILES string of the molecule is CN(C)CCNC(=O)c1ccc(-n2cnc3cccnc32)cc1. The minimum atomic E-state index is -0.0629. The van der Waals surface area contributed by atoms with Crippen LogP contribution in [-0.4, -0.2) is 52.5 Å². The summed E-state index contributed by atoms with van der Waals surface area (Å²) in [5.41, 5.74) is 3.22. The molecule has 0 atom stereocenters. The molecule has 23 heavy (non-hydrogen) atoms. The van der Waals surface area contributed by atoms with Gasteiger partial charge in [0.05, 0.1) is 0 Å². The van der Waals surface area contributed by atoms with Gasteiger partial charge in [0.15, 0.2) is 5.65 Å². The predicted molar refractivity (Wildman–Crippen MR) is 89.8 cm³/mol. The lowest BCUT2D eigenvalue weighted by atomic mass is 10.2. The molecule has 1 N–H and O–H groups in total. The quantitative estimate of drug-likeness (QED) is 0.779. The first kappa shape index (κ1) is 15.2. The maximum atomic E-state index is 12.1. The molecule has 0 spiro atoms. The first-order valence-electron chi connectivity index (χ1n) is 7.46. The molecule has 3 aromatic rings. The molecule has 2 heterocycles. The number of benzene rings is 1. The Morgan fingerprint density at radius 3 is 2.70 bits per heavy atom. The predicted octanol–water partition coefficient (Wildman–Crippen LogP) is 1.71. The number of pyridine rings is 1. The standard InChI is InChI=1S/C17H19N5O/c1-21(2)11-10-19-17(23)13-5-7-14(8-6-13)22-12-20-15-4-3-9-18-16(15)22/h3-9,12H,10-11H2,1-2H3,(H,19,23). The van der Waals surface area contributed by atoms with Gasteiger partial charge in [-0.3, -0.25) is 9.36 Å². The maximum absolute atomic E-state index is 12.1. The van der Waals surface area contributed by atoms with Crippen LogP contribution in [0.1, 0.15) is 10.4 Å². The summed E-state index contributed by atoms with van der Waals surface area (Å²) in [6.07, 6.45) is 3.48. The number of rotatable bonds is 5. The number of hydrogen-bond acceptors (Lipinski definition) is 4. The first-order valence-corrected chi connectivity index (χ1v) is 7.46. The minimum absolute atomic E-state index is 0.0629. The summed E-state index contributed by atoms with van der Waals surface area (Å²) in [4.78, 5) is 22.8. The van der Waals surface area contributed by atoms with E-state index in [9.17, 15) is 4.79 Å². The van der Waals surface area contributed by atoms with E-state index < -0.39 is 0 Å². The van der Waals surface area contributed by atoms with Gasteiger partial charge < -0.3 is 10.2 Å². The van der Waals surface area contributed by atoms with E-state index in [0.717, 1.165) is 23.4 Å². The largest absolute Gasteiger partial charge is 0.351 e. The molecule has 0 aliphatic rings. The second-order valence-electron chi connectivity index (χ2n) is 5.57. The van der Waals surface area contributed by atoms with Crippen molar-refractivity contribution in [3.05, 3.63) is 54.5 Å². The molecular formula is C17H19N5O. The number of aromatic nitrogens is 3. The maximum Gasteiger partial charge on any atom is 0.251 e. The van der Waals surface area contributed by atoms with Crippen molar-refractivity contribution in [3.8, 4) is 5.69 Å². The minimum Gasteiger partial charge on any atom is -0.351 e. The number of nitrogens with zero attached hydrogens (tertiary/aromatic N) is 4. The van der Waals surface area contributed by atoms with Crippen LogP contribution in [0.5, 0.6) is 0 Å². The lowest BCUT2D eigenvalue weighted by molar-refractivity contribution is 0.0951. The van der Waals surface area contributed by atoms with Gasteiger partial charge in [-0.25, -0.2) is 9.97 Å². The fraction of sp³-hybridized carbons (Fsp3) is 0.235. The Morgan fingerprint density at radius 2 is 1.96 bits per heavy atom. The molecule has 6 nitrogen and oxygen atoms in total. The topological polar surface area (TPSA) is 63.1 Å². The Balaban J connectivity index is 1.75. The number of nitrogens with one attached hydrogen (secondary N) is 1. The van der Waals surface area contributed by atoms with E-state index in [2.05, 4.69) is 15.3 Å². The smallest absolute Gasteiger partial charge is 0.251 e. The summed E-state index contributed by atoms with van der Waals surface area (Å²) in [6.45, 7) is 1.44. The lowest BCUT2D eigenvalue weighted by Gasteiger charge is -2.10. The molecule has 0 fully saturated rings. The second-order valence-corrected chi connectivity index (χ2v) is 5.57. The zero-order valence-corrected chi connectivity index (χ0v) is 13.2. The van der Waals surface area contributed by atoms with Gasteiger partial charge in [0.2, 0.25) is 0 Å². The highest BCUT2D eigenvalue weighted by Crippen LogP contribution is 2.16. The molecule has 2 aromatic heterocycles. The number of carbonyl (C=O) groups is 1. The summed E-state index contributed by atoms with van der Waals surface area (Å²) >= 11 is 0. The molecule has 3 rings (SSSR count). The third-order valence-electron chi connectivity index (χ3n) is 3.56. The van der Waals surface area contributed by atoms with Crippen LogP contribution >= 0.6 is 0 Å². The third-order valence-corrected chi connectivity index (χ3v) is 3.56. The van der Waals surface area contributed by atoms with E-state index in [1.807, 2.05) is 60.0 Å². The highest BCUT2D eigenvalue weighted by molar-refractivity contribution is 5.94. The molecule has 0 saturated heterocycles. The van der Waals surface area contributed by atoms with E-state index in [1.165, 1.54) is 0 Å². The molecule has 0 aliphatic carbocycles. The van der Waals surface area contributed by atoms with E-state index in [0.29, 0.717) is 12.1 Å². The molecule has 1 amide bonds. The van der Waals surface area contributed by atoms with E-state index in [-0.39, 0.29) is 5.91 Å². The normalized spacial score (nSPS) is 11.1. The summed E-state index contributed by atoms with van der Waals surface area (Å²) in [7, 11) is 3.95. The van der Waals surface area contributed by atoms with Gasteiger partial charge in [0.1, 0.15) is 11.8 Å². The monoisotopic (exact) mass is 309 g/mol. The van der Waals surface area contributed by atoms with Crippen LogP contribution < -0.4 is 5.32 Å². The van der Waals surface area contributed by atoms with Crippen molar-refractivity contribution in [2.24, 2.45) is 0 Å². The lowest BCUT2D eigenvalue weighted by Crippen LogP contribution is -2.31. The summed E-state index contributed by atoms with van der Waals surface area (Å²) in [5.74, 6) is -0.0629. The molecule has 0 aliphatic heterocycles. The fourth-order valence-corrected chi connectivity index (χ4v) is 2.31. The molecular weight excluding hydrogens is 290 g/mol. The van der Waals surface area contributed by atoms with Crippen LogP contribution in [0.4, 0.5) is 0 Å². The Kier molecular flexibility index (Phi) is 4.34. The highest BCUT2D eigenvalue weighted by Gasteiger charge is 2.08. The van der Waals surface area contributed by atoms with Gasteiger partial charge in [-0.2, -0.15) is 0 Å². The van der Waals surface area contributed by atoms with Gasteiger partial charge in [-0.15, -0.1) is 0 Å². The number of amides is 1. The highest BCUT2D eigenvalue weighted by atomic mass is 16.1. The van der Waals surface area contributed by atoms with E-state index in [4.69, 9.17) is 0 Å². The Bertz CT molecular complexity index is 807. The Morgan fingerprint density at radius 1 is 1.17 bits per heavy atom. The molecule has 1 aromatic carbocycles. The Hall–Kier alpha value is -2.73. The van der Waals surface area contributed by atoms with Crippen molar-refractivity contribution in [1.82, 2.24) is 24.8 Å².